The van der Waals surface area contributed by atoms with Gasteiger partial charge in [0.2, 0.25) is 0 Å². The maximum absolute atomic E-state index is 11.2. The first-order valence-electron chi connectivity index (χ1n) is 4.86. The molecule has 2 rings (SSSR count). The van der Waals surface area contributed by atoms with Gasteiger partial charge in [0.15, 0.2) is 11.5 Å². The van der Waals surface area contributed by atoms with Crippen molar-refractivity contribution in [3.8, 4) is 11.5 Å². The molecule has 1 aromatic rings. The summed E-state index contributed by atoms with van der Waals surface area (Å²) >= 11 is 0. The highest BCUT2D eigenvalue weighted by Gasteiger charge is 2.30. The number of aliphatic hydroxyl groups is 1. The van der Waals surface area contributed by atoms with E-state index in [1.54, 1.807) is 6.92 Å². The van der Waals surface area contributed by atoms with Gasteiger partial charge in [0.05, 0.1) is 6.61 Å². The molecule has 1 heterocycles. The number of hydrogen-bond acceptors (Lipinski definition) is 7. The lowest BCUT2D eigenvalue weighted by Crippen LogP contribution is -2.23. The number of benzene rings is 1. The molecule has 1 aromatic carbocycles. The second-order valence-electron chi connectivity index (χ2n) is 3.52. The van der Waals surface area contributed by atoms with Crippen LogP contribution in [-0.4, -0.2) is 32.2 Å². The van der Waals surface area contributed by atoms with Gasteiger partial charge in [-0.2, -0.15) is 0 Å². The molecular formula is C9H14N2O6S. The van der Waals surface area contributed by atoms with Crippen molar-refractivity contribution in [2.45, 2.75) is 6.92 Å². The minimum atomic E-state index is -4.07. The van der Waals surface area contributed by atoms with Gasteiger partial charge in [-0.3, -0.25) is 0 Å². The first kappa shape index (κ1) is 14.4. The number of nitrogen functional groups attached to an aromatic ring is 1. The lowest BCUT2D eigenvalue weighted by Gasteiger charge is -2.22. The highest BCUT2D eigenvalue weighted by molar-refractivity contribution is 7.82. The van der Waals surface area contributed by atoms with E-state index in [2.05, 4.69) is 13.7 Å². The summed E-state index contributed by atoms with van der Waals surface area (Å²) in [5.74, 6) is 0.0893. The number of anilines is 2. The van der Waals surface area contributed by atoms with E-state index in [-0.39, 0.29) is 29.3 Å². The molecule has 0 atom stereocenters. The largest absolute Gasteiger partial charge is 0.501 e. The van der Waals surface area contributed by atoms with Crippen LogP contribution in [0.25, 0.3) is 0 Å². The number of nitrogens with two attached hydrogens (primary N) is 1. The van der Waals surface area contributed by atoms with E-state index in [9.17, 15) is 8.42 Å². The van der Waals surface area contributed by atoms with Crippen LogP contribution in [0.15, 0.2) is 6.07 Å². The van der Waals surface area contributed by atoms with Crippen LogP contribution in [0.2, 0.25) is 0 Å². The predicted molar refractivity (Wildman–Crippen MR) is 65.0 cm³/mol. The van der Waals surface area contributed by atoms with Gasteiger partial charge in [-0.25, -0.2) is 0 Å². The van der Waals surface area contributed by atoms with Crippen molar-refractivity contribution in [3.63, 3.8) is 0 Å². The first-order valence-corrected chi connectivity index (χ1v) is 6.19. The number of nitrogens with one attached hydrogen (secondary N) is 1. The molecule has 0 spiro atoms. The summed E-state index contributed by atoms with van der Waals surface area (Å²) in [5, 5.41) is 11.6. The van der Waals surface area contributed by atoms with Crippen LogP contribution >= 0.6 is 0 Å². The smallest absolute Gasteiger partial charge is 0.412 e. The quantitative estimate of drug-likeness (QED) is 0.612. The molecule has 0 fully saturated rings. The Bertz CT molecular complexity index is 557. The topological polar surface area (TPSA) is 142 Å². The van der Waals surface area contributed by atoms with Crippen LogP contribution in [-0.2, 0) is 10.4 Å². The van der Waals surface area contributed by atoms with E-state index in [4.69, 9.17) is 10.8 Å². The zero-order chi connectivity index (χ0) is 12.6. The number of hydrogen-bond donors (Lipinski definition) is 3. The van der Waals surface area contributed by atoms with E-state index in [0.29, 0.717) is 17.8 Å². The molecule has 8 nitrogen and oxygen atoms in total. The van der Waals surface area contributed by atoms with Crippen LogP contribution in [0.4, 0.5) is 11.4 Å². The summed E-state index contributed by atoms with van der Waals surface area (Å²) in [6.07, 6.45) is 0. The molecule has 6 N–H and O–H groups in total. The molecule has 0 unspecified atom stereocenters. The minimum absolute atomic E-state index is 0. The van der Waals surface area contributed by atoms with Crippen LogP contribution in [0, 0.1) is 6.92 Å². The van der Waals surface area contributed by atoms with Gasteiger partial charge in [0, 0.05) is 23.9 Å². The number of rotatable bonds is 3. The van der Waals surface area contributed by atoms with E-state index >= 15 is 0 Å². The summed E-state index contributed by atoms with van der Waals surface area (Å²) in [5.41, 5.74) is 6.97. The van der Waals surface area contributed by atoms with E-state index in [1.165, 1.54) is 6.07 Å². The van der Waals surface area contributed by atoms with Crippen molar-refractivity contribution in [1.82, 2.24) is 0 Å². The standard InChI is InChI=1S/C9H12N2O5S.H2O/c1-5-6(11-2-3-12)4-7-8(10)9(5)16-17(13,14)15-7;/h4,11-12H,2-3,10H2,1H3;1H2. The minimum Gasteiger partial charge on any atom is -0.412 e. The molecular weight excluding hydrogens is 264 g/mol. The maximum atomic E-state index is 11.2. The van der Waals surface area contributed by atoms with Gasteiger partial charge in [-0.1, -0.05) is 0 Å². The monoisotopic (exact) mass is 278 g/mol. The van der Waals surface area contributed by atoms with Gasteiger partial charge in [0.1, 0.15) is 5.69 Å². The van der Waals surface area contributed by atoms with Gasteiger partial charge < -0.3 is 30.0 Å². The Kier molecular flexibility index (Phi) is 3.89. The number of aliphatic hydroxyl groups excluding tert-OH is 1. The van der Waals surface area contributed by atoms with Crippen molar-refractivity contribution in [1.29, 1.82) is 0 Å². The third-order valence-electron chi connectivity index (χ3n) is 2.33. The van der Waals surface area contributed by atoms with Crippen LogP contribution in [0.5, 0.6) is 11.5 Å². The Morgan fingerprint density at radius 2 is 2.11 bits per heavy atom. The van der Waals surface area contributed by atoms with Crippen molar-refractivity contribution >= 4 is 21.8 Å². The Labute approximate surface area is 104 Å². The summed E-state index contributed by atoms with van der Waals surface area (Å²) < 4.78 is 31.7. The summed E-state index contributed by atoms with van der Waals surface area (Å²) in [6.45, 7) is 1.95. The van der Waals surface area contributed by atoms with Crippen molar-refractivity contribution in [2.24, 2.45) is 0 Å². The third-order valence-corrected chi connectivity index (χ3v) is 3.09. The van der Waals surface area contributed by atoms with Gasteiger partial charge >= 0.3 is 10.4 Å². The summed E-state index contributed by atoms with van der Waals surface area (Å²) in [6, 6.07) is 1.46. The molecule has 0 saturated heterocycles. The highest BCUT2D eigenvalue weighted by Crippen LogP contribution is 2.44. The Hall–Kier alpha value is -1.71. The van der Waals surface area contributed by atoms with Crippen molar-refractivity contribution in [2.75, 3.05) is 24.2 Å². The first-order chi connectivity index (χ1) is 7.94. The normalized spacial score (nSPS) is 15.0. The molecule has 1 aliphatic heterocycles. The molecule has 9 heteroatoms. The van der Waals surface area contributed by atoms with Crippen molar-refractivity contribution in [3.05, 3.63) is 11.6 Å². The molecule has 102 valence electrons. The van der Waals surface area contributed by atoms with E-state index < -0.39 is 10.4 Å². The molecule has 0 aliphatic carbocycles. The van der Waals surface area contributed by atoms with Gasteiger partial charge in [-0.15, -0.1) is 8.42 Å². The van der Waals surface area contributed by atoms with Crippen LogP contribution in [0.3, 0.4) is 0 Å². The predicted octanol–water partition coefficient (Wildman–Crippen LogP) is -0.827. The van der Waals surface area contributed by atoms with Crippen LogP contribution in [0.1, 0.15) is 5.56 Å². The lowest BCUT2D eigenvalue weighted by atomic mass is 10.1. The van der Waals surface area contributed by atoms with Gasteiger partial charge in [0.25, 0.3) is 0 Å². The summed E-state index contributed by atoms with van der Waals surface area (Å²) in [4.78, 5) is 0. The lowest BCUT2D eigenvalue weighted by molar-refractivity contribution is 0.311. The zero-order valence-corrected chi connectivity index (χ0v) is 10.4. The fraction of sp³-hybridized carbons (Fsp3) is 0.333. The molecule has 18 heavy (non-hydrogen) atoms. The molecule has 0 saturated carbocycles. The average molecular weight is 278 g/mol. The molecule has 1 aliphatic rings. The Balaban J connectivity index is 0.00000162. The third kappa shape index (κ3) is 2.42. The number of fused-ring (bicyclic) bond motifs is 2. The molecule has 0 aromatic heterocycles. The zero-order valence-electron chi connectivity index (χ0n) is 9.56. The second-order valence-corrected chi connectivity index (χ2v) is 4.67. The van der Waals surface area contributed by atoms with E-state index in [1.807, 2.05) is 0 Å². The highest BCUT2D eigenvalue weighted by atomic mass is 32.3. The average Bonchev–Trinajstić information content (AvgIpc) is 2.25. The second kappa shape index (κ2) is 4.88. The van der Waals surface area contributed by atoms with E-state index in [0.717, 1.165) is 0 Å². The summed E-state index contributed by atoms with van der Waals surface area (Å²) in [7, 11) is -4.07. The molecule has 0 radical (unpaired) electrons. The Morgan fingerprint density at radius 1 is 1.44 bits per heavy atom. The maximum Gasteiger partial charge on any atom is 0.501 e. The molecule has 2 bridgehead atoms. The van der Waals surface area contributed by atoms with Crippen LogP contribution < -0.4 is 19.4 Å². The Morgan fingerprint density at radius 3 is 2.72 bits per heavy atom. The fourth-order valence-corrected chi connectivity index (χ4v) is 2.34. The fourth-order valence-electron chi connectivity index (χ4n) is 1.53. The van der Waals surface area contributed by atoms with Crippen molar-refractivity contribution < 1.29 is 27.4 Å². The SMILES string of the molecule is Cc1c(NCCO)cc2c(N)c1OS(=O)(=O)O2.O. The molecule has 0 amide bonds. The van der Waals surface area contributed by atoms with Gasteiger partial charge in [-0.05, 0) is 6.92 Å².